The van der Waals surface area contributed by atoms with Crippen LogP contribution in [0.5, 0.6) is 0 Å². The van der Waals surface area contributed by atoms with Crippen LogP contribution < -0.4 is 9.62 Å². The molecule has 1 N–H and O–H groups in total. The van der Waals surface area contributed by atoms with Gasteiger partial charge in [0.05, 0.1) is 20.6 Å². The fraction of sp³-hybridized carbons (Fsp3) is 0.355. The number of nitrogens with zero attached hydrogens (tertiary/aromatic N) is 2. The Kier molecular flexibility index (Phi) is 10.3. The van der Waals surface area contributed by atoms with Gasteiger partial charge in [-0.3, -0.25) is 13.9 Å². The Morgan fingerprint density at radius 1 is 0.927 bits per heavy atom. The minimum Gasteiger partial charge on any atom is -0.352 e. The van der Waals surface area contributed by atoms with Gasteiger partial charge < -0.3 is 10.2 Å². The van der Waals surface area contributed by atoms with Crippen molar-refractivity contribution >= 4 is 50.7 Å². The zero-order chi connectivity index (χ0) is 29.6. The zero-order valence-electron chi connectivity index (χ0n) is 23.2. The normalized spacial score (nSPS) is 14.7. The molecule has 1 atom stereocenters. The number of benzene rings is 3. The molecule has 4 rings (SSSR count). The van der Waals surface area contributed by atoms with Crippen molar-refractivity contribution in [2.75, 3.05) is 10.8 Å². The van der Waals surface area contributed by atoms with E-state index in [1.807, 2.05) is 6.07 Å². The highest BCUT2D eigenvalue weighted by Crippen LogP contribution is 2.28. The van der Waals surface area contributed by atoms with Crippen LogP contribution in [0.2, 0.25) is 10.0 Å². The molecule has 2 amide bonds. The summed E-state index contributed by atoms with van der Waals surface area (Å²) in [4.78, 5) is 29.0. The molecular weight excluding hydrogens is 581 g/mol. The highest BCUT2D eigenvalue weighted by Gasteiger charge is 2.33. The number of hydrogen-bond acceptors (Lipinski definition) is 4. The van der Waals surface area contributed by atoms with E-state index in [2.05, 4.69) is 5.32 Å². The summed E-state index contributed by atoms with van der Waals surface area (Å²) in [5.74, 6) is -0.802. The van der Waals surface area contributed by atoms with E-state index in [0.717, 1.165) is 36.4 Å². The second-order valence-corrected chi connectivity index (χ2v) is 13.1. The number of para-hydroxylation sites is 1. The standard InChI is InChI=1S/C31H35Cl2N3O4S/c1-22-11-9-10-16-29(22)36(41(39,40)26-14-7-4-8-15-26)21-30(37)35(20-24-17-18-27(32)28(33)19-24)23(2)31(38)34-25-12-5-3-6-13-25/h4,7-11,14-19,23,25H,3,5-6,12-13,20-21H2,1-2H3,(H,34,38). The summed E-state index contributed by atoms with van der Waals surface area (Å²) in [7, 11) is -4.11. The summed E-state index contributed by atoms with van der Waals surface area (Å²) in [6, 6.07) is 19.2. The molecule has 0 aliphatic heterocycles. The third-order valence-electron chi connectivity index (χ3n) is 7.45. The molecule has 1 aliphatic carbocycles. The lowest BCUT2D eigenvalue weighted by Crippen LogP contribution is -2.53. The number of carbonyl (C=O) groups excluding carboxylic acids is 2. The molecule has 1 saturated carbocycles. The van der Waals surface area contributed by atoms with Crippen LogP contribution in [0.1, 0.15) is 50.2 Å². The van der Waals surface area contributed by atoms with Crippen molar-refractivity contribution in [3.05, 3.63) is 94.0 Å². The van der Waals surface area contributed by atoms with Crippen molar-refractivity contribution < 1.29 is 18.0 Å². The molecular formula is C31H35Cl2N3O4S. The molecule has 0 spiro atoms. The van der Waals surface area contributed by atoms with E-state index >= 15 is 0 Å². The molecule has 1 fully saturated rings. The number of carbonyl (C=O) groups is 2. The summed E-state index contributed by atoms with van der Waals surface area (Å²) in [5, 5.41) is 3.79. The van der Waals surface area contributed by atoms with E-state index in [9.17, 15) is 18.0 Å². The van der Waals surface area contributed by atoms with Crippen LogP contribution in [0.4, 0.5) is 5.69 Å². The van der Waals surface area contributed by atoms with Gasteiger partial charge in [-0.05, 0) is 68.1 Å². The average Bonchev–Trinajstić information content (AvgIpc) is 2.97. The second kappa shape index (κ2) is 13.7. The first-order valence-corrected chi connectivity index (χ1v) is 15.9. The van der Waals surface area contributed by atoms with Gasteiger partial charge in [-0.15, -0.1) is 0 Å². The van der Waals surface area contributed by atoms with E-state index in [1.165, 1.54) is 17.0 Å². The maximum atomic E-state index is 14.1. The number of sulfonamides is 1. The SMILES string of the molecule is Cc1ccccc1N(CC(=O)N(Cc1ccc(Cl)c(Cl)c1)C(C)C(=O)NC1CCCCC1)S(=O)(=O)c1ccccc1. The van der Waals surface area contributed by atoms with Gasteiger partial charge in [-0.2, -0.15) is 0 Å². The highest BCUT2D eigenvalue weighted by molar-refractivity contribution is 7.92. The van der Waals surface area contributed by atoms with Gasteiger partial charge in [-0.25, -0.2) is 8.42 Å². The molecule has 7 nitrogen and oxygen atoms in total. The number of nitrogens with one attached hydrogen (secondary N) is 1. The summed E-state index contributed by atoms with van der Waals surface area (Å²) in [5.41, 5.74) is 1.75. The van der Waals surface area contributed by atoms with E-state index in [0.29, 0.717) is 26.9 Å². The number of amides is 2. The highest BCUT2D eigenvalue weighted by atomic mass is 35.5. The van der Waals surface area contributed by atoms with Crippen molar-refractivity contribution in [2.45, 2.75) is 69.5 Å². The summed E-state index contributed by atoms with van der Waals surface area (Å²) in [6.45, 7) is 3.00. The molecule has 1 unspecified atom stereocenters. The molecule has 3 aromatic carbocycles. The molecule has 0 radical (unpaired) electrons. The van der Waals surface area contributed by atoms with Gasteiger partial charge in [0.2, 0.25) is 11.8 Å². The first kappa shape index (κ1) is 30.9. The molecule has 10 heteroatoms. The summed E-state index contributed by atoms with van der Waals surface area (Å²) in [6.07, 6.45) is 5.04. The average molecular weight is 617 g/mol. The summed E-state index contributed by atoms with van der Waals surface area (Å²) >= 11 is 12.4. The fourth-order valence-corrected chi connectivity index (χ4v) is 6.88. The maximum absolute atomic E-state index is 14.1. The van der Waals surface area contributed by atoms with Crippen molar-refractivity contribution in [1.82, 2.24) is 10.2 Å². The Hall–Kier alpha value is -3.07. The molecule has 1 aliphatic rings. The van der Waals surface area contributed by atoms with Crippen LogP contribution in [0.15, 0.2) is 77.7 Å². The topological polar surface area (TPSA) is 86.8 Å². The Bertz CT molecular complexity index is 1480. The third kappa shape index (κ3) is 7.61. The molecule has 0 bridgehead atoms. The lowest BCUT2D eigenvalue weighted by molar-refractivity contribution is -0.139. The number of hydrogen-bond donors (Lipinski definition) is 1. The van der Waals surface area contributed by atoms with Crippen molar-refractivity contribution in [1.29, 1.82) is 0 Å². The van der Waals surface area contributed by atoms with Gasteiger partial charge in [-0.1, -0.05) is 84.9 Å². The van der Waals surface area contributed by atoms with Crippen LogP contribution >= 0.6 is 23.2 Å². The first-order chi connectivity index (χ1) is 19.6. The minimum absolute atomic E-state index is 0.0436. The Morgan fingerprint density at radius 3 is 2.24 bits per heavy atom. The number of halogens is 2. The third-order valence-corrected chi connectivity index (χ3v) is 9.96. The molecule has 0 aromatic heterocycles. The Labute approximate surface area is 252 Å². The largest absolute Gasteiger partial charge is 0.352 e. The fourth-order valence-electron chi connectivity index (χ4n) is 5.06. The lowest BCUT2D eigenvalue weighted by atomic mass is 9.95. The monoisotopic (exact) mass is 615 g/mol. The van der Waals surface area contributed by atoms with Gasteiger partial charge >= 0.3 is 0 Å². The smallest absolute Gasteiger partial charge is 0.264 e. The first-order valence-electron chi connectivity index (χ1n) is 13.7. The molecule has 218 valence electrons. The van der Waals surface area contributed by atoms with E-state index in [4.69, 9.17) is 23.2 Å². The van der Waals surface area contributed by atoms with Crippen molar-refractivity contribution in [3.63, 3.8) is 0 Å². The van der Waals surface area contributed by atoms with Crippen LogP contribution in [-0.2, 0) is 26.2 Å². The Morgan fingerprint density at radius 2 is 1.59 bits per heavy atom. The summed E-state index contributed by atoms with van der Waals surface area (Å²) < 4.78 is 28.9. The number of rotatable bonds is 10. The van der Waals surface area contributed by atoms with Crippen molar-refractivity contribution in [3.8, 4) is 0 Å². The van der Waals surface area contributed by atoms with Crippen LogP contribution in [0.3, 0.4) is 0 Å². The van der Waals surface area contributed by atoms with E-state index in [-0.39, 0.29) is 23.4 Å². The maximum Gasteiger partial charge on any atom is 0.264 e. The Balaban J connectivity index is 1.69. The molecule has 0 saturated heterocycles. The minimum atomic E-state index is -4.11. The predicted molar refractivity (Wildman–Crippen MR) is 164 cm³/mol. The molecule has 3 aromatic rings. The molecule has 41 heavy (non-hydrogen) atoms. The quantitative estimate of drug-likeness (QED) is 0.287. The molecule has 0 heterocycles. The van der Waals surface area contributed by atoms with Crippen molar-refractivity contribution in [2.24, 2.45) is 0 Å². The number of aryl methyl sites for hydroxylation is 1. The second-order valence-electron chi connectivity index (χ2n) is 10.4. The number of anilines is 1. The van der Waals surface area contributed by atoms with Crippen LogP contribution in [-0.4, -0.2) is 43.8 Å². The van der Waals surface area contributed by atoms with Crippen LogP contribution in [0, 0.1) is 6.92 Å². The van der Waals surface area contributed by atoms with E-state index < -0.39 is 28.5 Å². The van der Waals surface area contributed by atoms with Gasteiger partial charge in [0, 0.05) is 12.6 Å². The van der Waals surface area contributed by atoms with Gasteiger partial charge in [0.1, 0.15) is 12.6 Å². The predicted octanol–water partition coefficient (Wildman–Crippen LogP) is 6.36. The van der Waals surface area contributed by atoms with Crippen LogP contribution in [0.25, 0.3) is 0 Å². The van der Waals surface area contributed by atoms with E-state index in [1.54, 1.807) is 68.4 Å². The van der Waals surface area contributed by atoms with Gasteiger partial charge in [0.15, 0.2) is 0 Å². The zero-order valence-corrected chi connectivity index (χ0v) is 25.6. The van der Waals surface area contributed by atoms with Gasteiger partial charge in [0.25, 0.3) is 10.0 Å². The lowest BCUT2D eigenvalue weighted by Gasteiger charge is -2.33.